The van der Waals surface area contributed by atoms with Gasteiger partial charge in [0.25, 0.3) is 0 Å². The van der Waals surface area contributed by atoms with Gasteiger partial charge in [-0.25, -0.2) is 0 Å². The van der Waals surface area contributed by atoms with Gasteiger partial charge in [-0.05, 0) is 32.4 Å². The molecule has 0 amide bonds. The Labute approximate surface area is 139 Å². The molecule has 0 saturated carbocycles. The van der Waals surface area contributed by atoms with E-state index in [9.17, 15) is 0 Å². The molecule has 0 aliphatic carbocycles. The van der Waals surface area contributed by atoms with Crippen molar-refractivity contribution in [3.8, 4) is 0 Å². The molecule has 1 unspecified atom stereocenters. The minimum Gasteiger partial charge on any atom is -0.361 e. The number of rotatable bonds is 7. The molecule has 1 aliphatic rings. The fraction of sp³-hybridized carbons (Fsp3) is 0.765. The van der Waals surface area contributed by atoms with Crippen molar-refractivity contribution in [1.29, 1.82) is 0 Å². The van der Waals surface area contributed by atoms with E-state index >= 15 is 0 Å². The molecule has 23 heavy (non-hydrogen) atoms. The maximum Gasteiger partial charge on any atom is 0.191 e. The van der Waals surface area contributed by atoms with Gasteiger partial charge >= 0.3 is 0 Å². The van der Waals surface area contributed by atoms with Crippen LogP contribution in [0.4, 0.5) is 0 Å². The highest BCUT2D eigenvalue weighted by molar-refractivity contribution is 5.79. The van der Waals surface area contributed by atoms with Crippen LogP contribution in [0.2, 0.25) is 0 Å². The van der Waals surface area contributed by atoms with Crippen molar-refractivity contribution in [3.63, 3.8) is 0 Å². The van der Waals surface area contributed by atoms with Gasteiger partial charge in [0.15, 0.2) is 5.96 Å². The number of likely N-dealkylation sites (tertiary alicyclic amines) is 1. The second-order valence-corrected chi connectivity index (χ2v) is 5.97. The van der Waals surface area contributed by atoms with Crippen LogP contribution in [0.25, 0.3) is 0 Å². The van der Waals surface area contributed by atoms with E-state index in [-0.39, 0.29) is 0 Å². The van der Waals surface area contributed by atoms with Gasteiger partial charge in [-0.2, -0.15) is 0 Å². The lowest BCUT2D eigenvalue weighted by atomic mass is 10.1. The quantitative estimate of drug-likeness (QED) is 0.593. The lowest BCUT2D eigenvalue weighted by Crippen LogP contribution is -2.44. The minimum atomic E-state index is 0.617. The third-order valence-corrected chi connectivity index (χ3v) is 4.67. The molecule has 1 aliphatic heterocycles. The lowest BCUT2D eigenvalue weighted by molar-refractivity contribution is 0.267. The fourth-order valence-corrected chi connectivity index (χ4v) is 3.29. The van der Waals surface area contributed by atoms with E-state index in [1.165, 1.54) is 24.9 Å². The second kappa shape index (κ2) is 8.91. The molecule has 1 saturated heterocycles. The summed E-state index contributed by atoms with van der Waals surface area (Å²) < 4.78 is 5.41. The third kappa shape index (κ3) is 4.47. The van der Waals surface area contributed by atoms with Crippen LogP contribution >= 0.6 is 0 Å². The van der Waals surface area contributed by atoms with Gasteiger partial charge in [-0.15, -0.1) is 0 Å². The molecule has 0 radical (unpaired) electrons. The van der Waals surface area contributed by atoms with Crippen molar-refractivity contribution >= 4 is 5.96 Å². The summed E-state index contributed by atoms with van der Waals surface area (Å²) in [5.41, 5.74) is 2.21. The molecule has 1 aromatic heterocycles. The molecule has 2 N–H and O–H groups in total. The molecule has 0 spiro atoms. The topological polar surface area (TPSA) is 65.7 Å². The van der Waals surface area contributed by atoms with Gasteiger partial charge in [0, 0.05) is 38.2 Å². The van der Waals surface area contributed by atoms with Crippen molar-refractivity contribution in [1.82, 2.24) is 20.7 Å². The first-order chi connectivity index (χ1) is 11.2. The molecule has 1 fully saturated rings. The molecule has 6 heteroatoms. The highest BCUT2D eigenvalue weighted by Gasteiger charge is 2.22. The maximum atomic E-state index is 5.41. The molecule has 2 heterocycles. The van der Waals surface area contributed by atoms with E-state index in [4.69, 9.17) is 4.52 Å². The highest BCUT2D eigenvalue weighted by atomic mass is 16.5. The number of nitrogens with zero attached hydrogens (tertiary/aromatic N) is 3. The first-order valence-corrected chi connectivity index (χ1v) is 8.88. The molecular weight excluding hydrogens is 290 g/mol. The number of guanidine groups is 1. The van der Waals surface area contributed by atoms with Crippen LogP contribution in [0.3, 0.4) is 0 Å². The standard InChI is InChI=1S/C17H31N5O/c1-5-15-14(16(6-2)23-21-15)12-20-17(18-4)19-11-13-9-8-10-22(13)7-3/h13H,5-12H2,1-4H3,(H2,18,19,20). The van der Waals surface area contributed by atoms with E-state index in [1.54, 1.807) is 0 Å². The summed E-state index contributed by atoms with van der Waals surface area (Å²) in [5, 5.41) is 11.0. The van der Waals surface area contributed by atoms with Crippen molar-refractivity contribution in [2.75, 3.05) is 26.7 Å². The van der Waals surface area contributed by atoms with Crippen molar-refractivity contribution in [2.24, 2.45) is 4.99 Å². The number of aromatic nitrogens is 1. The van der Waals surface area contributed by atoms with Crippen LogP contribution in [0.5, 0.6) is 0 Å². The molecule has 2 rings (SSSR count). The van der Waals surface area contributed by atoms with Gasteiger partial charge in [-0.1, -0.05) is 25.9 Å². The SMILES string of the molecule is CCc1noc(CC)c1CNC(=NC)NCC1CCCN1CC. The monoisotopic (exact) mass is 321 g/mol. The number of aliphatic imine (C=N–C) groups is 1. The number of likely N-dealkylation sites (N-methyl/N-ethyl adjacent to an activating group) is 1. The predicted octanol–water partition coefficient (Wildman–Crippen LogP) is 1.95. The zero-order chi connectivity index (χ0) is 16.7. The van der Waals surface area contributed by atoms with Crippen LogP contribution in [0, 0.1) is 0 Å². The molecule has 0 aromatic carbocycles. The second-order valence-electron chi connectivity index (χ2n) is 5.97. The molecule has 1 atom stereocenters. The summed E-state index contributed by atoms with van der Waals surface area (Å²) in [6, 6.07) is 0.617. The molecule has 0 bridgehead atoms. The minimum absolute atomic E-state index is 0.617. The molecule has 1 aromatic rings. The Morgan fingerprint density at radius 3 is 2.78 bits per heavy atom. The van der Waals surface area contributed by atoms with Crippen molar-refractivity contribution in [2.45, 2.75) is 59.0 Å². The van der Waals surface area contributed by atoms with Crippen LogP contribution in [0.15, 0.2) is 9.52 Å². The number of nitrogens with one attached hydrogen (secondary N) is 2. The van der Waals surface area contributed by atoms with E-state index in [0.717, 1.165) is 43.3 Å². The van der Waals surface area contributed by atoms with Crippen LogP contribution in [-0.4, -0.2) is 48.7 Å². The Morgan fingerprint density at radius 2 is 2.13 bits per heavy atom. The van der Waals surface area contributed by atoms with E-state index in [2.05, 4.69) is 46.5 Å². The van der Waals surface area contributed by atoms with Crippen molar-refractivity contribution < 1.29 is 4.52 Å². The normalized spacial score (nSPS) is 19.3. The van der Waals surface area contributed by atoms with Gasteiger partial charge in [-0.3, -0.25) is 9.89 Å². The Hall–Kier alpha value is -1.56. The highest BCUT2D eigenvalue weighted by Crippen LogP contribution is 2.16. The fourth-order valence-electron chi connectivity index (χ4n) is 3.29. The summed E-state index contributed by atoms with van der Waals surface area (Å²) in [6.07, 6.45) is 4.32. The Balaban J connectivity index is 1.87. The molecule has 130 valence electrons. The third-order valence-electron chi connectivity index (χ3n) is 4.67. The number of hydrogen-bond acceptors (Lipinski definition) is 4. The largest absolute Gasteiger partial charge is 0.361 e. The Bertz CT molecular complexity index is 490. The van der Waals surface area contributed by atoms with E-state index in [1.807, 2.05) is 7.05 Å². The van der Waals surface area contributed by atoms with Gasteiger partial charge < -0.3 is 15.2 Å². The first kappa shape index (κ1) is 17.8. The van der Waals surface area contributed by atoms with Crippen LogP contribution < -0.4 is 10.6 Å². The number of hydrogen-bond donors (Lipinski definition) is 2. The summed E-state index contributed by atoms with van der Waals surface area (Å²) in [6.45, 7) is 10.4. The van der Waals surface area contributed by atoms with Crippen LogP contribution in [-0.2, 0) is 19.4 Å². The summed E-state index contributed by atoms with van der Waals surface area (Å²) in [7, 11) is 1.82. The van der Waals surface area contributed by atoms with E-state index in [0.29, 0.717) is 12.6 Å². The maximum absolute atomic E-state index is 5.41. The first-order valence-electron chi connectivity index (χ1n) is 8.88. The summed E-state index contributed by atoms with van der Waals surface area (Å²) in [4.78, 5) is 6.87. The van der Waals surface area contributed by atoms with Crippen molar-refractivity contribution in [3.05, 3.63) is 17.0 Å². The average Bonchev–Trinajstić information content (AvgIpc) is 3.20. The van der Waals surface area contributed by atoms with Crippen LogP contribution in [0.1, 0.15) is 50.6 Å². The molecular formula is C17H31N5O. The molecule has 6 nitrogen and oxygen atoms in total. The predicted molar refractivity (Wildman–Crippen MR) is 93.7 cm³/mol. The Morgan fingerprint density at radius 1 is 1.30 bits per heavy atom. The van der Waals surface area contributed by atoms with E-state index < -0.39 is 0 Å². The summed E-state index contributed by atoms with van der Waals surface area (Å²) >= 11 is 0. The van der Waals surface area contributed by atoms with Gasteiger partial charge in [0.05, 0.1) is 5.69 Å². The smallest absolute Gasteiger partial charge is 0.191 e. The zero-order valence-corrected chi connectivity index (χ0v) is 15.0. The summed E-state index contributed by atoms with van der Waals surface area (Å²) in [5.74, 6) is 1.82. The van der Waals surface area contributed by atoms with Gasteiger partial charge in [0.1, 0.15) is 5.76 Å². The number of aryl methyl sites for hydroxylation is 2. The zero-order valence-electron chi connectivity index (χ0n) is 15.0. The van der Waals surface area contributed by atoms with Gasteiger partial charge in [0.2, 0.25) is 0 Å². The average molecular weight is 321 g/mol. The Kier molecular flexibility index (Phi) is 6.89. The lowest BCUT2D eigenvalue weighted by Gasteiger charge is -2.24.